The zero-order valence-corrected chi connectivity index (χ0v) is 33.9. The maximum Gasteiger partial charge on any atom is 0.407 e. The molecule has 302 valence electrons. The number of alkyl carbamates (subject to hydrolysis) is 1. The van der Waals surface area contributed by atoms with Gasteiger partial charge in [-0.25, -0.2) is 23.4 Å². The summed E-state index contributed by atoms with van der Waals surface area (Å²) in [6.45, 7) is 5.33. The van der Waals surface area contributed by atoms with Crippen LogP contribution in [0.15, 0.2) is 77.8 Å². The van der Waals surface area contributed by atoms with E-state index < -0.39 is 24.1 Å². The molecule has 0 saturated carbocycles. The summed E-state index contributed by atoms with van der Waals surface area (Å²) < 4.78 is 33.4. The van der Waals surface area contributed by atoms with E-state index in [9.17, 15) is 23.2 Å². The molecule has 0 bridgehead atoms. The summed E-state index contributed by atoms with van der Waals surface area (Å²) in [7, 11) is 1.66. The lowest BCUT2D eigenvalue weighted by Gasteiger charge is -2.33. The van der Waals surface area contributed by atoms with Gasteiger partial charge in [-0.2, -0.15) is 0 Å². The number of aromatic nitrogens is 2. The lowest BCUT2D eigenvalue weighted by atomic mass is 9.95. The fourth-order valence-electron chi connectivity index (χ4n) is 6.53. The first-order valence-corrected chi connectivity index (χ1v) is 20.9. The van der Waals surface area contributed by atoms with Crippen molar-refractivity contribution in [3.8, 4) is 0 Å². The van der Waals surface area contributed by atoms with Crippen molar-refractivity contribution in [3.05, 3.63) is 104 Å². The maximum atomic E-state index is 14.2. The molecule has 3 atom stereocenters. The first-order chi connectivity index (χ1) is 26.9. The molecule has 11 nitrogen and oxygen atoms in total. The molecule has 1 aliphatic heterocycles. The van der Waals surface area contributed by atoms with Crippen molar-refractivity contribution in [1.29, 1.82) is 0 Å². The highest BCUT2D eigenvalue weighted by molar-refractivity contribution is 7.09. The Morgan fingerprint density at radius 1 is 0.893 bits per heavy atom. The summed E-state index contributed by atoms with van der Waals surface area (Å²) >= 11 is 2.96. The molecule has 4 aromatic rings. The SMILES string of the molecule is CC(C)c1nc(CN(C)C(=O)N[C@@H](CCN2CCC(F)(F)CC2)C(=O)N[C@H](CC[C@H](Cc2ccccc2)NC(=O)OCc2cncs2)Cc2ccccc2)cs1. The Labute approximate surface area is 336 Å². The Bertz CT molecular complexity index is 1790. The second-order valence-corrected chi connectivity index (χ2v) is 16.6. The second kappa shape index (κ2) is 21.2. The molecule has 1 fully saturated rings. The van der Waals surface area contributed by atoms with Gasteiger partial charge in [0.05, 0.1) is 27.6 Å². The molecule has 3 heterocycles. The number of benzene rings is 2. The number of nitrogens with zero attached hydrogens (tertiary/aromatic N) is 4. The number of urea groups is 1. The summed E-state index contributed by atoms with van der Waals surface area (Å²) in [6, 6.07) is 17.7. The molecule has 1 saturated heterocycles. The molecule has 15 heteroatoms. The molecule has 2 aromatic heterocycles. The van der Waals surface area contributed by atoms with E-state index in [2.05, 4.69) is 39.8 Å². The number of carbonyl (C=O) groups excluding carboxylic acids is 3. The highest BCUT2D eigenvalue weighted by atomic mass is 32.1. The van der Waals surface area contributed by atoms with Gasteiger partial charge < -0.3 is 30.5 Å². The van der Waals surface area contributed by atoms with Crippen LogP contribution in [0, 0.1) is 0 Å². The number of carbonyl (C=O) groups is 3. The fraction of sp³-hybridized carbons (Fsp3) is 0.488. The minimum atomic E-state index is -2.69. The summed E-state index contributed by atoms with van der Waals surface area (Å²) in [6.07, 6.45) is 3.01. The van der Waals surface area contributed by atoms with Gasteiger partial charge in [-0.15, -0.1) is 22.7 Å². The van der Waals surface area contributed by atoms with Crippen LogP contribution in [-0.4, -0.2) is 88.5 Å². The molecule has 0 aliphatic carbocycles. The van der Waals surface area contributed by atoms with E-state index in [0.717, 1.165) is 26.7 Å². The second-order valence-electron chi connectivity index (χ2n) is 14.7. The number of nitrogens with one attached hydrogen (secondary N) is 3. The Balaban J connectivity index is 1.29. The van der Waals surface area contributed by atoms with E-state index in [1.54, 1.807) is 30.1 Å². The number of amides is 4. The number of thiazole rings is 2. The number of hydrogen-bond acceptors (Lipinski definition) is 9. The smallest absolute Gasteiger partial charge is 0.407 e. The van der Waals surface area contributed by atoms with Crippen molar-refractivity contribution in [2.75, 3.05) is 26.7 Å². The van der Waals surface area contributed by atoms with Gasteiger partial charge in [0.25, 0.3) is 5.92 Å². The molecule has 4 amide bonds. The van der Waals surface area contributed by atoms with Crippen molar-refractivity contribution in [3.63, 3.8) is 0 Å². The third-order valence-electron chi connectivity index (χ3n) is 9.76. The monoisotopic (exact) mass is 809 g/mol. The van der Waals surface area contributed by atoms with Crippen LogP contribution in [0.4, 0.5) is 18.4 Å². The lowest BCUT2D eigenvalue weighted by molar-refractivity contribution is -0.124. The Morgan fingerprint density at radius 2 is 1.52 bits per heavy atom. The summed E-state index contributed by atoms with van der Waals surface area (Å²) in [5.41, 5.74) is 4.52. The molecule has 2 aromatic carbocycles. The zero-order chi connectivity index (χ0) is 39.9. The molecule has 56 heavy (non-hydrogen) atoms. The van der Waals surface area contributed by atoms with Crippen LogP contribution in [-0.2, 0) is 35.5 Å². The van der Waals surface area contributed by atoms with Crippen LogP contribution in [0.3, 0.4) is 0 Å². The summed E-state index contributed by atoms with van der Waals surface area (Å²) in [5, 5.41) is 12.1. The minimum Gasteiger partial charge on any atom is -0.444 e. The molecule has 0 radical (unpaired) electrons. The fourth-order valence-corrected chi connectivity index (χ4v) is 7.86. The van der Waals surface area contributed by atoms with Gasteiger partial charge in [-0.1, -0.05) is 74.5 Å². The van der Waals surface area contributed by atoms with Gasteiger partial charge in [0.15, 0.2) is 0 Å². The Morgan fingerprint density at radius 3 is 2.09 bits per heavy atom. The van der Waals surface area contributed by atoms with Crippen molar-refractivity contribution in [2.24, 2.45) is 0 Å². The van der Waals surface area contributed by atoms with E-state index in [0.29, 0.717) is 32.2 Å². The summed E-state index contributed by atoms with van der Waals surface area (Å²) in [4.78, 5) is 53.7. The predicted octanol–water partition coefficient (Wildman–Crippen LogP) is 7.40. The topological polar surface area (TPSA) is 129 Å². The first-order valence-electron chi connectivity index (χ1n) is 19.2. The lowest BCUT2D eigenvalue weighted by Crippen LogP contribution is -2.54. The molecule has 0 unspecified atom stereocenters. The third-order valence-corrected chi connectivity index (χ3v) is 11.7. The number of alkyl halides is 2. The van der Waals surface area contributed by atoms with Gasteiger partial charge in [-0.3, -0.25) is 9.78 Å². The van der Waals surface area contributed by atoms with E-state index in [4.69, 9.17) is 4.74 Å². The normalized spacial score (nSPS) is 15.8. The average molecular weight is 810 g/mol. The van der Waals surface area contributed by atoms with Crippen molar-refractivity contribution in [2.45, 2.75) is 102 Å². The maximum absolute atomic E-state index is 14.2. The van der Waals surface area contributed by atoms with Crippen LogP contribution in [0.2, 0.25) is 0 Å². The molecular formula is C41H53F2N7O4S2. The minimum absolute atomic E-state index is 0.117. The predicted molar refractivity (Wildman–Crippen MR) is 216 cm³/mol. The molecular weight excluding hydrogens is 757 g/mol. The Kier molecular flexibility index (Phi) is 16.1. The van der Waals surface area contributed by atoms with Gasteiger partial charge in [0.2, 0.25) is 5.91 Å². The molecule has 5 rings (SSSR count). The van der Waals surface area contributed by atoms with Crippen LogP contribution in [0.25, 0.3) is 0 Å². The van der Waals surface area contributed by atoms with E-state index in [1.165, 1.54) is 16.2 Å². The van der Waals surface area contributed by atoms with Crippen LogP contribution in [0.1, 0.15) is 78.6 Å². The largest absolute Gasteiger partial charge is 0.444 e. The first kappa shape index (κ1) is 42.7. The van der Waals surface area contributed by atoms with Gasteiger partial charge in [0, 0.05) is 69.1 Å². The number of hydrogen-bond donors (Lipinski definition) is 3. The van der Waals surface area contributed by atoms with Crippen LogP contribution < -0.4 is 16.0 Å². The van der Waals surface area contributed by atoms with Crippen molar-refractivity contribution >= 4 is 40.7 Å². The Hall–Kier alpha value is -4.47. The molecule has 3 N–H and O–H groups in total. The highest BCUT2D eigenvalue weighted by Gasteiger charge is 2.34. The van der Waals surface area contributed by atoms with Crippen LogP contribution >= 0.6 is 22.7 Å². The third kappa shape index (κ3) is 14.2. The van der Waals surface area contributed by atoms with E-state index in [1.807, 2.05) is 70.9 Å². The van der Waals surface area contributed by atoms with Crippen molar-refractivity contribution in [1.82, 2.24) is 35.7 Å². The number of rotatable bonds is 19. The summed E-state index contributed by atoms with van der Waals surface area (Å²) in [5.74, 6) is -2.78. The average Bonchev–Trinajstić information content (AvgIpc) is 3.89. The number of likely N-dealkylation sites (tertiary alicyclic amines) is 1. The van der Waals surface area contributed by atoms with Gasteiger partial charge >= 0.3 is 12.1 Å². The van der Waals surface area contributed by atoms with E-state index >= 15 is 0 Å². The van der Waals surface area contributed by atoms with Crippen molar-refractivity contribution < 1.29 is 27.9 Å². The highest BCUT2D eigenvalue weighted by Crippen LogP contribution is 2.28. The molecule has 0 spiro atoms. The zero-order valence-electron chi connectivity index (χ0n) is 32.3. The number of halogens is 2. The number of ether oxygens (including phenoxy) is 1. The quantitative estimate of drug-likeness (QED) is 0.0901. The van der Waals surface area contributed by atoms with Gasteiger partial charge in [-0.05, 0) is 43.2 Å². The number of piperidine rings is 1. The standard InChI is InChI=1S/C41H53F2N7O4S2/c1-29(2)38-46-34(27-55-38)25-49(3)39(52)48-36(16-19-50-20-17-41(42,43)18-21-50)37(51)45-32(22-30-10-6-4-7-11-30)14-15-33(23-31-12-8-5-9-13-31)47-40(53)54-26-35-24-44-28-56-35/h4-13,24,27-29,32-33,36H,14-23,25-26H2,1-3H3,(H,45,51)(H,47,53)(H,48,52)/t32-,33-,36+/m1/s1. The molecule has 1 aliphatic rings. The van der Waals surface area contributed by atoms with Crippen LogP contribution in [0.5, 0.6) is 0 Å². The van der Waals surface area contributed by atoms with E-state index in [-0.39, 0.29) is 69.4 Å². The van der Waals surface area contributed by atoms with Gasteiger partial charge in [0.1, 0.15) is 12.6 Å².